The van der Waals surface area contributed by atoms with Crippen LogP contribution in [0.5, 0.6) is 17.2 Å². The largest absolute Gasteiger partial charge is 0.490 e. The summed E-state index contributed by atoms with van der Waals surface area (Å²) < 4.78 is 18.1. The molecule has 0 unspecified atom stereocenters. The second-order valence-electron chi connectivity index (χ2n) is 14.4. The zero-order valence-corrected chi connectivity index (χ0v) is 33.2. The summed E-state index contributed by atoms with van der Waals surface area (Å²) in [5.41, 5.74) is 15.5. The number of esters is 1. The molecule has 288 valence electrons. The molecule has 0 bridgehead atoms. The van der Waals surface area contributed by atoms with Crippen molar-refractivity contribution in [2.75, 3.05) is 0 Å². The summed E-state index contributed by atoms with van der Waals surface area (Å²) in [7, 11) is 0. The first-order chi connectivity index (χ1) is 28.3. The van der Waals surface area contributed by atoms with E-state index < -0.39 is 11.4 Å². The molecule has 0 fully saturated rings. The van der Waals surface area contributed by atoms with Crippen LogP contribution in [0.15, 0.2) is 170 Å². The second-order valence-corrected chi connectivity index (χ2v) is 14.4. The maximum Gasteiger partial charge on any atom is 0.330 e. The second kappa shape index (κ2) is 17.5. The standard InChI is InChI=1S/C53H46O5/c1-6-14-36(5)46-33-26-41(34-39(46)35-56-51(54)9-4)53(49-18-12-10-16-47(49)48-17-11-13-19-50(48)53)40-24-31-45(32-25-40)58-44-29-22-38(23-30-44)52(55)37-20-27-43(28-21-37)57-42(8-3)15-7-2/h9-13,16-34,42H,1,4,7-8,15,35H2,2-3,5H3/t42-/m0/s1. The van der Waals surface area contributed by atoms with E-state index in [1.807, 2.05) is 55.5 Å². The molecule has 0 saturated carbocycles. The highest BCUT2D eigenvalue weighted by Crippen LogP contribution is 2.56. The molecule has 1 aliphatic rings. The van der Waals surface area contributed by atoms with Gasteiger partial charge in [-0.1, -0.05) is 117 Å². The Labute approximate surface area is 341 Å². The lowest BCUT2D eigenvalue weighted by molar-refractivity contribution is -0.138. The smallest absolute Gasteiger partial charge is 0.330 e. The molecular formula is C53H46O5. The van der Waals surface area contributed by atoms with Crippen LogP contribution in [0, 0.1) is 0 Å². The Hall–Kier alpha value is -6.90. The maximum absolute atomic E-state index is 13.4. The van der Waals surface area contributed by atoms with Gasteiger partial charge in [0, 0.05) is 22.8 Å². The minimum absolute atomic E-state index is 0.0561. The van der Waals surface area contributed by atoms with Crippen LogP contribution in [0.3, 0.4) is 0 Å². The van der Waals surface area contributed by atoms with Gasteiger partial charge in [-0.3, -0.25) is 4.79 Å². The number of ether oxygens (including phenoxy) is 3. The summed E-state index contributed by atoms with van der Waals surface area (Å²) in [6, 6.07) is 46.2. The van der Waals surface area contributed by atoms with Crippen LogP contribution >= 0.6 is 0 Å². The van der Waals surface area contributed by atoms with E-state index in [1.54, 1.807) is 12.1 Å². The third-order valence-corrected chi connectivity index (χ3v) is 10.8. The number of hydrogen-bond donors (Lipinski definition) is 0. The number of fused-ring (bicyclic) bond motifs is 3. The Bertz CT molecular complexity index is 2500. The predicted octanol–water partition coefficient (Wildman–Crippen LogP) is 12.6. The van der Waals surface area contributed by atoms with Crippen molar-refractivity contribution in [1.29, 1.82) is 0 Å². The van der Waals surface area contributed by atoms with Crippen LogP contribution in [-0.4, -0.2) is 17.9 Å². The van der Waals surface area contributed by atoms with Crippen LogP contribution in [-0.2, 0) is 21.6 Å². The SMILES string of the molecule is C=C=C=C(C)c1ccc(C2(c3ccc(Oc4ccc(C(=O)c5ccc(O[C@@H](CC)CCC)cc5)cc4)cc3)c3ccccc3-c3ccccc32)cc1COC(=O)C=C. The Kier molecular flexibility index (Phi) is 11.9. The van der Waals surface area contributed by atoms with E-state index in [1.165, 1.54) is 6.08 Å². The molecule has 58 heavy (non-hydrogen) atoms. The average molecular weight is 763 g/mol. The fourth-order valence-electron chi connectivity index (χ4n) is 8.04. The zero-order valence-electron chi connectivity index (χ0n) is 33.2. The predicted molar refractivity (Wildman–Crippen MR) is 231 cm³/mol. The molecule has 5 nitrogen and oxygen atoms in total. The number of hydrogen-bond acceptors (Lipinski definition) is 5. The highest BCUT2D eigenvalue weighted by Gasteiger charge is 2.46. The van der Waals surface area contributed by atoms with Gasteiger partial charge in [0.15, 0.2) is 5.78 Å². The third-order valence-electron chi connectivity index (χ3n) is 10.8. The highest BCUT2D eigenvalue weighted by atomic mass is 16.5. The Balaban J connectivity index is 1.20. The summed E-state index contributed by atoms with van der Waals surface area (Å²) >= 11 is 0. The van der Waals surface area contributed by atoms with Gasteiger partial charge >= 0.3 is 5.97 Å². The molecule has 0 aromatic heterocycles. The van der Waals surface area contributed by atoms with Crippen molar-refractivity contribution in [2.24, 2.45) is 0 Å². The fraction of sp³-hybridized carbons (Fsp3) is 0.170. The van der Waals surface area contributed by atoms with Crippen LogP contribution < -0.4 is 9.47 Å². The molecule has 0 amide bonds. The summed E-state index contributed by atoms with van der Waals surface area (Å²) in [5, 5.41) is 0. The zero-order chi connectivity index (χ0) is 40.6. The van der Waals surface area contributed by atoms with Gasteiger partial charge in [-0.25, -0.2) is 4.79 Å². The molecule has 5 heteroatoms. The van der Waals surface area contributed by atoms with E-state index in [0.29, 0.717) is 22.6 Å². The van der Waals surface area contributed by atoms with Crippen molar-refractivity contribution in [2.45, 2.75) is 58.2 Å². The number of carbonyl (C=O) groups excluding carboxylic acids is 2. The molecule has 1 aliphatic carbocycles. The van der Waals surface area contributed by atoms with Crippen molar-refractivity contribution in [3.63, 3.8) is 0 Å². The number of rotatable bonds is 15. The van der Waals surface area contributed by atoms with Crippen molar-refractivity contribution >= 4 is 17.3 Å². The molecule has 6 aromatic carbocycles. The molecule has 7 rings (SSSR count). The topological polar surface area (TPSA) is 61.8 Å². The van der Waals surface area contributed by atoms with Gasteiger partial charge in [-0.15, -0.1) is 0 Å². The average Bonchev–Trinajstić information content (AvgIpc) is 3.57. The number of carbonyl (C=O) groups is 2. The van der Waals surface area contributed by atoms with Crippen LogP contribution in [0.2, 0.25) is 0 Å². The lowest BCUT2D eigenvalue weighted by atomic mass is 9.67. The highest BCUT2D eigenvalue weighted by molar-refractivity contribution is 6.09. The number of allylic oxidation sites excluding steroid dienone is 1. The first kappa shape index (κ1) is 39.3. The third kappa shape index (κ3) is 7.75. The molecule has 0 spiro atoms. The van der Waals surface area contributed by atoms with Gasteiger partial charge in [-0.2, -0.15) is 0 Å². The lowest BCUT2D eigenvalue weighted by Crippen LogP contribution is -2.29. The van der Waals surface area contributed by atoms with Gasteiger partial charge in [0.2, 0.25) is 0 Å². The summed E-state index contributed by atoms with van der Waals surface area (Å²) in [5.74, 6) is 1.49. The van der Waals surface area contributed by atoms with Crippen molar-refractivity contribution < 1.29 is 23.8 Å². The van der Waals surface area contributed by atoms with E-state index >= 15 is 0 Å². The molecule has 0 radical (unpaired) electrons. The van der Waals surface area contributed by atoms with E-state index in [9.17, 15) is 9.59 Å². The minimum atomic E-state index is -0.701. The van der Waals surface area contributed by atoms with Gasteiger partial charge < -0.3 is 14.2 Å². The Morgan fingerprint density at radius 1 is 0.724 bits per heavy atom. The van der Waals surface area contributed by atoms with Gasteiger partial charge in [-0.05, 0) is 132 Å². The monoisotopic (exact) mass is 762 g/mol. The molecule has 0 saturated heterocycles. The lowest BCUT2D eigenvalue weighted by Gasteiger charge is -2.34. The first-order valence-corrected chi connectivity index (χ1v) is 19.7. The first-order valence-electron chi connectivity index (χ1n) is 19.7. The maximum atomic E-state index is 13.4. The molecule has 0 N–H and O–H groups in total. The fourth-order valence-corrected chi connectivity index (χ4v) is 8.04. The molecular weight excluding hydrogens is 717 g/mol. The number of benzene rings is 6. The molecule has 6 aromatic rings. The summed E-state index contributed by atoms with van der Waals surface area (Å²) in [6.45, 7) is 13.6. The van der Waals surface area contributed by atoms with E-state index in [0.717, 1.165) is 75.1 Å². The Morgan fingerprint density at radius 3 is 1.83 bits per heavy atom. The van der Waals surface area contributed by atoms with Crippen molar-refractivity contribution in [3.8, 4) is 28.4 Å². The van der Waals surface area contributed by atoms with Crippen LogP contribution in [0.25, 0.3) is 16.7 Å². The van der Waals surface area contributed by atoms with Gasteiger partial charge in [0.25, 0.3) is 0 Å². The van der Waals surface area contributed by atoms with Crippen LogP contribution in [0.4, 0.5) is 0 Å². The van der Waals surface area contributed by atoms with Crippen molar-refractivity contribution in [1.82, 2.24) is 0 Å². The quantitative estimate of drug-likeness (QED) is 0.0450. The van der Waals surface area contributed by atoms with Gasteiger partial charge in [0.05, 0.1) is 11.5 Å². The molecule has 0 heterocycles. The number of ketones is 1. The van der Waals surface area contributed by atoms with Crippen molar-refractivity contribution in [3.05, 3.63) is 215 Å². The summed E-state index contributed by atoms with van der Waals surface area (Å²) in [4.78, 5) is 25.6. The normalized spacial score (nSPS) is 12.5. The van der Waals surface area contributed by atoms with E-state index in [4.69, 9.17) is 14.2 Å². The van der Waals surface area contributed by atoms with E-state index in [2.05, 4.69) is 117 Å². The Morgan fingerprint density at radius 2 is 1.28 bits per heavy atom. The minimum Gasteiger partial charge on any atom is -0.490 e. The van der Waals surface area contributed by atoms with Crippen LogP contribution in [0.1, 0.15) is 89.3 Å². The van der Waals surface area contributed by atoms with E-state index in [-0.39, 0.29) is 18.5 Å². The summed E-state index contributed by atoms with van der Waals surface area (Å²) in [6.07, 6.45) is 4.35. The molecule has 1 atom stereocenters. The molecule has 0 aliphatic heterocycles. The van der Waals surface area contributed by atoms with Gasteiger partial charge in [0.1, 0.15) is 23.9 Å².